The van der Waals surface area contributed by atoms with Gasteiger partial charge in [0.25, 0.3) is 15.9 Å². The first-order valence-electron chi connectivity index (χ1n) is 7.92. The Balaban J connectivity index is 2.29. The van der Waals surface area contributed by atoms with E-state index >= 15 is 0 Å². The summed E-state index contributed by atoms with van der Waals surface area (Å²) < 4.78 is 37.6. The predicted octanol–water partition coefficient (Wildman–Crippen LogP) is 1.84. The van der Waals surface area contributed by atoms with Crippen molar-refractivity contribution in [1.82, 2.24) is 0 Å². The summed E-state index contributed by atoms with van der Waals surface area (Å²) in [5.41, 5.74) is 5.94. The molecule has 0 aliphatic carbocycles. The third kappa shape index (κ3) is 4.98. The van der Waals surface area contributed by atoms with E-state index in [2.05, 4.69) is 4.72 Å². The van der Waals surface area contributed by atoms with Crippen LogP contribution in [0.5, 0.6) is 5.75 Å². The van der Waals surface area contributed by atoms with Crippen LogP contribution in [-0.2, 0) is 19.6 Å². The molecule has 0 aromatic heterocycles. The largest absolute Gasteiger partial charge is 0.497 e. The molecular weight excluding hydrogens is 372 g/mol. The Morgan fingerprint density at radius 1 is 1.11 bits per heavy atom. The lowest BCUT2D eigenvalue weighted by atomic mass is 10.1. The van der Waals surface area contributed by atoms with Crippen LogP contribution >= 0.6 is 0 Å². The van der Waals surface area contributed by atoms with Gasteiger partial charge in [0.05, 0.1) is 17.6 Å². The van der Waals surface area contributed by atoms with Crippen molar-refractivity contribution >= 4 is 27.6 Å². The second-order valence-electron chi connectivity index (χ2n) is 5.76. The second kappa shape index (κ2) is 8.09. The fourth-order valence-corrected chi connectivity index (χ4v) is 3.23. The number of rotatable bonds is 7. The van der Waals surface area contributed by atoms with Gasteiger partial charge in [-0.3, -0.25) is 9.52 Å². The molecule has 27 heavy (non-hydrogen) atoms. The minimum absolute atomic E-state index is 0.0284. The maximum Gasteiger partial charge on any atom is 0.339 e. The summed E-state index contributed by atoms with van der Waals surface area (Å²) >= 11 is 0. The quantitative estimate of drug-likeness (QED) is 0.693. The lowest BCUT2D eigenvalue weighted by Crippen LogP contribution is -2.30. The van der Waals surface area contributed by atoms with Gasteiger partial charge in [-0.2, -0.15) is 0 Å². The van der Waals surface area contributed by atoms with E-state index in [1.807, 2.05) is 0 Å². The molecule has 2 aromatic carbocycles. The van der Waals surface area contributed by atoms with E-state index in [0.717, 1.165) is 0 Å². The molecule has 0 aliphatic rings. The Bertz CT molecular complexity index is 954. The van der Waals surface area contributed by atoms with Crippen LogP contribution in [-0.4, -0.2) is 33.5 Å². The van der Waals surface area contributed by atoms with Crippen LogP contribution in [0.4, 0.5) is 5.69 Å². The summed E-state index contributed by atoms with van der Waals surface area (Å²) in [5.74, 6) is -1.05. The highest BCUT2D eigenvalue weighted by molar-refractivity contribution is 7.92. The van der Waals surface area contributed by atoms with Crippen LogP contribution in [0.25, 0.3) is 0 Å². The number of carbonyl (C=O) groups excluding carboxylic acids is 2. The summed E-state index contributed by atoms with van der Waals surface area (Å²) in [7, 11) is -2.44. The van der Waals surface area contributed by atoms with Crippen LogP contribution in [0, 0.1) is 6.92 Å². The smallest absolute Gasteiger partial charge is 0.339 e. The molecule has 0 spiro atoms. The number of anilines is 1. The van der Waals surface area contributed by atoms with Crippen molar-refractivity contribution in [3.8, 4) is 5.75 Å². The van der Waals surface area contributed by atoms with E-state index in [9.17, 15) is 18.0 Å². The van der Waals surface area contributed by atoms with Crippen LogP contribution in [0.15, 0.2) is 47.4 Å². The van der Waals surface area contributed by atoms with Gasteiger partial charge in [0.1, 0.15) is 5.75 Å². The van der Waals surface area contributed by atoms with Gasteiger partial charge in [-0.05, 0) is 55.8 Å². The minimum Gasteiger partial charge on any atom is -0.497 e. The van der Waals surface area contributed by atoms with Crippen LogP contribution in [0.2, 0.25) is 0 Å². The molecule has 0 saturated carbocycles. The van der Waals surface area contributed by atoms with E-state index in [-0.39, 0.29) is 10.5 Å². The van der Waals surface area contributed by atoms with Crippen molar-refractivity contribution in [2.45, 2.75) is 24.8 Å². The molecule has 0 fully saturated rings. The number of benzene rings is 2. The number of carbonyl (C=O) groups is 2. The van der Waals surface area contributed by atoms with Crippen molar-refractivity contribution in [1.29, 1.82) is 0 Å². The van der Waals surface area contributed by atoms with Crippen molar-refractivity contribution in [2.75, 3.05) is 11.8 Å². The summed E-state index contributed by atoms with van der Waals surface area (Å²) in [5, 5.41) is 0. The lowest BCUT2D eigenvalue weighted by molar-refractivity contribution is -0.125. The topological polar surface area (TPSA) is 125 Å². The van der Waals surface area contributed by atoms with Crippen LogP contribution < -0.4 is 15.2 Å². The number of esters is 1. The Labute approximate surface area is 157 Å². The number of aryl methyl sites for hydroxylation is 1. The molecule has 9 heteroatoms. The Hall–Kier alpha value is -3.07. The standard InChI is InChI=1S/C18H20N2O6S/c1-11-4-9-15(10-16(11)18(22)26-12(2)17(19)21)27(23,24)20-13-5-7-14(25-3)8-6-13/h4-10,12,20H,1-3H3,(H2,19,21)/t12-/m1/s1. The average Bonchev–Trinajstić information content (AvgIpc) is 2.62. The maximum atomic E-state index is 12.6. The number of primary amides is 1. The first-order chi connectivity index (χ1) is 12.6. The number of ether oxygens (including phenoxy) is 2. The minimum atomic E-state index is -3.94. The van der Waals surface area contributed by atoms with E-state index in [1.54, 1.807) is 31.2 Å². The molecule has 0 radical (unpaired) electrons. The second-order valence-corrected chi connectivity index (χ2v) is 7.44. The third-order valence-electron chi connectivity index (χ3n) is 3.77. The number of amides is 1. The summed E-state index contributed by atoms with van der Waals surface area (Å²) in [6.07, 6.45) is -1.13. The Kier molecular flexibility index (Phi) is 6.06. The zero-order valence-corrected chi connectivity index (χ0v) is 15.9. The van der Waals surface area contributed by atoms with Gasteiger partial charge in [-0.15, -0.1) is 0 Å². The van der Waals surface area contributed by atoms with Gasteiger partial charge in [0, 0.05) is 5.69 Å². The highest BCUT2D eigenvalue weighted by Crippen LogP contribution is 2.22. The average molecular weight is 392 g/mol. The lowest BCUT2D eigenvalue weighted by Gasteiger charge is -2.13. The molecule has 144 valence electrons. The fraction of sp³-hybridized carbons (Fsp3) is 0.222. The molecule has 1 atom stereocenters. The van der Waals surface area contributed by atoms with Crippen molar-refractivity contribution in [3.63, 3.8) is 0 Å². The predicted molar refractivity (Wildman–Crippen MR) is 99.1 cm³/mol. The SMILES string of the molecule is COc1ccc(NS(=O)(=O)c2ccc(C)c(C(=O)O[C@H](C)C(N)=O)c2)cc1. The fourth-order valence-electron chi connectivity index (χ4n) is 2.14. The highest BCUT2D eigenvalue weighted by Gasteiger charge is 2.21. The summed E-state index contributed by atoms with van der Waals surface area (Å²) in [6, 6.07) is 10.4. The number of hydrogen-bond acceptors (Lipinski definition) is 6. The van der Waals surface area contributed by atoms with Gasteiger partial charge in [0.2, 0.25) is 0 Å². The number of nitrogens with one attached hydrogen (secondary N) is 1. The normalized spacial score (nSPS) is 12.1. The van der Waals surface area contributed by atoms with Gasteiger partial charge in [0.15, 0.2) is 6.10 Å². The zero-order valence-electron chi connectivity index (χ0n) is 15.1. The van der Waals surface area contributed by atoms with Gasteiger partial charge < -0.3 is 15.2 Å². The molecule has 0 unspecified atom stereocenters. The Morgan fingerprint density at radius 3 is 2.30 bits per heavy atom. The number of nitrogens with two attached hydrogens (primary N) is 1. The van der Waals surface area contributed by atoms with E-state index < -0.39 is 28.0 Å². The molecule has 1 amide bonds. The molecule has 3 N–H and O–H groups in total. The number of methoxy groups -OCH3 is 1. The van der Waals surface area contributed by atoms with E-state index in [4.69, 9.17) is 15.2 Å². The van der Waals surface area contributed by atoms with Crippen LogP contribution in [0.1, 0.15) is 22.8 Å². The third-order valence-corrected chi connectivity index (χ3v) is 5.14. The molecule has 8 nitrogen and oxygen atoms in total. The van der Waals surface area contributed by atoms with E-state index in [1.165, 1.54) is 32.2 Å². The molecule has 0 bridgehead atoms. The molecule has 2 aromatic rings. The monoisotopic (exact) mass is 392 g/mol. The summed E-state index contributed by atoms with van der Waals surface area (Å²) in [6.45, 7) is 2.96. The maximum absolute atomic E-state index is 12.6. The number of hydrogen-bond donors (Lipinski definition) is 2. The first kappa shape index (κ1) is 20.2. The Morgan fingerprint density at radius 2 is 1.74 bits per heavy atom. The molecule has 0 heterocycles. The highest BCUT2D eigenvalue weighted by atomic mass is 32.2. The van der Waals surface area contributed by atoms with Crippen molar-refractivity contribution < 1.29 is 27.5 Å². The van der Waals surface area contributed by atoms with Gasteiger partial charge in [-0.25, -0.2) is 13.2 Å². The summed E-state index contributed by atoms with van der Waals surface area (Å²) in [4.78, 5) is 23.2. The zero-order chi connectivity index (χ0) is 20.2. The van der Waals surface area contributed by atoms with Crippen molar-refractivity contribution in [3.05, 3.63) is 53.6 Å². The van der Waals surface area contributed by atoms with Gasteiger partial charge in [-0.1, -0.05) is 6.07 Å². The molecule has 0 saturated heterocycles. The number of sulfonamides is 1. The first-order valence-corrected chi connectivity index (χ1v) is 9.40. The van der Waals surface area contributed by atoms with Crippen LogP contribution in [0.3, 0.4) is 0 Å². The molecular formula is C18H20N2O6S. The van der Waals surface area contributed by atoms with E-state index in [0.29, 0.717) is 17.0 Å². The molecule has 2 rings (SSSR count). The van der Waals surface area contributed by atoms with Gasteiger partial charge >= 0.3 is 5.97 Å². The molecule has 0 aliphatic heterocycles. The van der Waals surface area contributed by atoms with Crippen molar-refractivity contribution in [2.24, 2.45) is 5.73 Å².